The molecule has 5 rings (SSSR count). The molecule has 1 atom stereocenters. The number of hydrogen-bond acceptors (Lipinski definition) is 3. The fourth-order valence-electron chi connectivity index (χ4n) is 4.76. The Morgan fingerprint density at radius 3 is 2.63 bits per heavy atom. The zero-order chi connectivity index (χ0) is 20.8. The second-order valence-electron chi connectivity index (χ2n) is 8.82. The smallest absolute Gasteiger partial charge is 0.227 e. The second-order valence-corrected chi connectivity index (χ2v) is 8.82. The third kappa shape index (κ3) is 3.25. The molecule has 2 aliphatic heterocycles. The van der Waals surface area contributed by atoms with Crippen molar-refractivity contribution in [2.24, 2.45) is 5.92 Å². The van der Waals surface area contributed by atoms with Crippen molar-refractivity contribution in [1.29, 1.82) is 0 Å². The minimum atomic E-state index is 0.106. The summed E-state index contributed by atoms with van der Waals surface area (Å²) in [6.07, 6.45) is 6.19. The van der Waals surface area contributed by atoms with Gasteiger partial charge in [-0.1, -0.05) is 6.07 Å². The first kappa shape index (κ1) is 19.1. The predicted molar refractivity (Wildman–Crippen MR) is 117 cm³/mol. The summed E-state index contributed by atoms with van der Waals surface area (Å²) in [5, 5.41) is 4.97. The summed E-state index contributed by atoms with van der Waals surface area (Å²) in [6, 6.07) is 10.5. The number of aryl methyl sites for hydroxylation is 2. The monoisotopic (exact) mass is 403 g/mol. The molecule has 6 nitrogen and oxygen atoms in total. The molecule has 1 aromatic carbocycles. The van der Waals surface area contributed by atoms with Gasteiger partial charge in [0, 0.05) is 24.5 Å². The average molecular weight is 404 g/mol. The SMILES string of the molecule is Cc1ccc(-n2nc3c(c2-n2cccc2)CN(C(=O)C2CCCN(C)C2)C3)cc1C. The van der Waals surface area contributed by atoms with Crippen LogP contribution in [0.25, 0.3) is 11.5 Å². The van der Waals surface area contributed by atoms with E-state index in [1.54, 1.807) is 0 Å². The van der Waals surface area contributed by atoms with Crippen molar-refractivity contribution < 1.29 is 4.79 Å². The molecular formula is C24H29N5O. The topological polar surface area (TPSA) is 46.3 Å². The van der Waals surface area contributed by atoms with Gasteiger partial charge in [0.25, 0.3) is 0 Å². The molecule has 1 saturated heterocycles. The van der Waals surface area contributed by atoms with E-state index in [0.29, 0.717) is 13.1 Å². The van der Waals surface area contributed by atoms with Gasteiger partial charge in [0.15, 0.2) is 0 Å². The zero-order valence-corrected chi connectivity index (χ0v) is 18.0. The molecule has 6 heteroatoms. The number of carbonyl (C=O) groups is 1. The molecule has 1 unspecified atom stereocenters. The normalized spacial score (nSPS) is 19.3. The molecule has 156 valence electrons. The third-order valence-electron chi connectivity index (χ3n) is 6.60. The van der Waals surface area contributed by atoms with E-state index in [9.17, 15) is 4.79 Å². The van der Waals surface area contributed by atoms with Gasteiger partial charge in [-0.15, -0.1) is 0 Å². The minimum absolute atomic E-state index is 0.106. The quantitative estimate of drug-likeness (QED) is 0.673. The lowest BCUT2D eigenvalue weighted by Crippen LogP contribution is -2.41. The molecule has 4 heterocycles. The van der Waals surface area contributed by atoms with E-state index in [-0.39, 0.29) is 11.8 Å². The van der Waals surface area contributed by atoms with E-state index in [4.69, 9.17) is 5.10 Å². The Balaban J connectivity index is 1.49. The number of amides is 1. The number of fused-ring (bicyclic) bond motifs is 1. The third-order valence-corrected chi connectivity index (χ3v) is 6.60. The minimum Gasteiger partial charge on any atom is -0.332 e. The molecule has 1 fully saturated rings. The Morgan fingerprint density at radius 2 is 1.90 bits per heavy atom. The van der Waals surface area contributed by atoms with Crippen LogP contribution >= 0.6 is 0 Å². The van der Waals surface area contributed by atoms with E-state index >= 15 is 0 Å². The first-order valence-electron chi connectivity index (χ1n) is 10.8. The molecule has 3 aromatic rings. The van der Waals surface area contributed by atoms with E-state index in [2.05, 4.69) is 61.0 Å². The Kier molecular flexibility index (Phi) is 4.74. The van der Waals surface area contributed by atoms with Crippen LogP contribution in [0.1, 0.15) is 35.2 Å². The molecule has 2 aliphatic rings. The lowest BCUT2D eigenvalue weighted by molar-refractivity contribution is -0.137. The molecule has 0 bridgehead atoms. The van der Waals surface area contributed by atoms with E-state index in [0.717, 1.165) is 48.7 Å². The molecule has 0 spiro atoms. The lowest BCUT2D eigenvalue weighted by atomic mass is 9.97. The number of carbonyl (C=O) groups excluding carboxylic acids is 1. The summed E-state index contributed by atoms with van der Waals surface area (Å²) in [5.74, 6) is 1.42. The number of aromatic nitrogens is 3. The maximum absolute atomic E-state index is 13.2. The lowest BCUT2D eigenvalue weighted by Gasteiger charge is -2.31. The summed E-state index contributed by atoms with van der Waals surface area (Å²) in [5.41, 5.74) is 5.74. The van der Waals surface area contributed by atoms with Crippen molar-refractivity contribution in [3.8, 4) is 11.5 Å². The number of piperidine rings is 1. The second kappa shape index (κ2) is 7.43. The maximum Gasteiger partial charge on any atom is 0.227 e. The highest BCUT2D eigenvalue weighted by atomic mass is 16.2. The highest BCUT2D eigenvalue weighted by molar-refractivity contribution is 5.80. The standard InChI is InChI=1S/C24H29N5O/c1-17-8-9-20(13-18(17)2)29-23(27-11-4-5-12-27)21-15-28(16-22(21)25-29)24(30)19-7-6-10-26(3)14-19/h4-5,8-9,11-13,19H,6-7,10,14-16H2,1-3H3. The number of rotatable bonds is 3. The van der Waals surface area contributed by atoms with Crippen LogP contribution in [0.4, 0.5) is 0 Å². The van der Waals surface area contributed by atoms with Gasteiger partial charge in [0.1, 0.15) is 5.82 Å². The molecule has 1 amide bonds. The van der Waals surface area contributed by atoms with Crippen LogP contribution in [0, 0.1) is 19.8 Å². The molecule has 30 heavy (non-hydrogen) atoms. The van der Waals surface area contributed by atoms with Gasteiger partial charge < -0.3 is 14.4 Å². The van der Waals surface area contributed by atoms with Crippen LogP contribution in [0.2, 0.25) is 0 Å². The van der Waals surface area contributed by atoms with Crippen molar-refractivity contribution in [3.63, 3.8) is 0 Å². The van der Waals surface area contributed by atoms with E-state index in [1.165, 1.54) is 11.1 Å². The highest BCUT2D eigenvalue weighted by Crippen LogP contribution is 2.32. The fourth-order valence-corrected chi connectivity index (χ4v) is 4.76. The molecule has 0 saturated carbocycles. The summed E-state index contributed by atoms with van der Waals surface area (Å²) in [6.45, 7) is 7.44. The van der Waals surface area contributed by atoms with Crippen LogP contribution < -0.4 is 0 Å². The Labute approximate surface area is 177 Å². The molecular weight excluding hydrogens is 374 g/mol. The maximum atomic E-state index is 13.2. The van der Waals surface area contributed by atoms with Gasteiger partial charge in [0.2, 0.25) is 5.91 Å². The molecule has 0 N–H and O–H groups in total. The summed E-state index contributed by atoms with van der Waals surface area (Å²) >= 11 is 0. The Hall–Kier alpha value is -2.86. The van der Waals surface area contributed by atoms with E-state index in [1.807, 2.05) is 21.7 Å². The Bertz CT molecular complexity index is 1080. The predicted octanol–water partition coefficient (Wildman–Crippen LogP) is 3.46. The largest absolute Gasteiger partial charge is 0.332 e. The summed E-state index contributed by atoms with van der Waals surface area (Å²) in [7, 11) is 2.11. The molecule has 0 aliphatic carbocycles. The molecule has 2 aromatic heterocycles. The van der Waals surface area contributed by atoms with Crippen molar-refractivity contribution in [2.75, 3.05) is 20.1 Å². The van der Waals surface area contributed by atoms with Crippen LogP contribution in [-0.4, -0.2) is 50.2 Å². The van der Waals surface area contributed by atoms with Crippen LogP contribution in [0.15, 0.2) is 42.7 Å². The van der Waals surface area contributed by atoms with Crippen LogP contribution in [0.3, 0.4) is 0 Å². The average Bonchev–Trinajstić information content (AvgIpc) is 3.45. The van der Waals surface area contributed by atoms with Gasteiger partial charge in [-0.2, -0.15) is 5.10 Å². The number of likely N-dealkylation sites (tertiary alicyclic amines) is 1. The van der Waals surface area contributed by atoms with Crippen molar-refractivity contribution >= 4 is 5.91 Å². The number of benzene rings is 1. The summed E-state index contributed by atoms with van der Waals surface area (Å²) < 4.78 is 4.15. The van der Waals surface area contributed by atoms with E-state index < -0.39 is 0 Å². The summed E-state index contributed by atoms with van der Waals surface area (Å²) in [4.78, 5) is 17.5. The first-order valence-corrected chi connectivity index (χ1v) is 10.8. The van der Waals surface area contributed by atoms with Crippen molar-refractivity contribution in [2.45, 2.75) is 39.8 Å². The van der Waals surface area contributed by atoms with Crippen LogP contribution in [-0.2, 0) is 17.9 Å². The van der Waals surface area contributed by atoms with Gasteiger partial charge in [-0.25, -0.2) is 4.68 Å². The van der Waals surface area contributed by atoms with Crippen molar-refractivity contribution in [3.05, 3.63) is 65.1 Å². The van der Waals surface area contributed by atoms with Crippen molar-refractivity contribution in [1.82, 2.24) is 24.1 Å². The highest BCUT2D eigenvalue weighted by Gasteiger charge is 2.35. The zero-order valence-electron chi connectivity index (χ0n) is 18.0. The van der Waals surface area contributed by atoms with Gasteiger partial charge >= 0.3 is 0 Å². The number of hydrogen-bond donors (Lipinski definition) is 0. The van der Waals surface area contributed by atoms with Gasteiger partial charge in [0.05, 0.1) is 30.4 Å². The molecule has 0 radical (unpaired) electrons. The van der Waals surface area contributed by atoms with Crippen LogP contribution in [0.5, 0.6) is 0 Å². The Morgan fingerprint density at radius 1 is 1.10 bits per heavy atom. The fraction of sp³-hybridized carbons (Fsp3) is 0.417. The number of nitrogens with zero attached hydrogens (tertiary/aromatic N) is 5. The van der Waals surface area contributed by atoms with Gasteiger partial charge in [-0.3, -0.25) is 4.79 Å². The first-order chi connectivity index (χ1) is 14.5. The van der Waals surface area contributed by atoms with Gasteiger partial charge in [-0.05, 0) is 75.7 Å².